The van der Waals surface area contributed by atoms with Crippen molar-refractivity contribution in [2.24, 2.45) is 5.73 Å². The van der Waals surface area contributed by atoms with Gasteiger partial charge >= 0.3 is 0 Å². The molecule has 4 nitrogen and oxygen atoms in total. The molecule has 102 valence electrons. The highest BCUT2D eigenvalue weighted by Crippen LogP contribution is 2.14. The molecule has 0 aliphatic carbocycles. The van der Waals surface area contributed by atoms with Gasteiger partial charge in [0.1, 0.15) is 12.4 Å². The van der Waals surface area contributed by atoms with E-state index in [-0.39, 0.29) is 24.4 Å². The first-order valence-corrected chi connectivity index (χ1v) is 5.86. The summed E-state index contributed by atoms with van der Waals surface area (Å²) in [6.45, 7) is 2.68. The second-order valence-electron chi connectivity index (χ2n) is 3.83. The fourth-order valence-electron chi connectivity index (χ4n) is 1.25. The second-order valence-corrected chi connectivity index (χ2v) is 4.27. The van der Waals surface area contributed by atoms with Crippen LogP contribution in [0.3, 0.4) is 0 Å². The van der Waals surface area contributed by atoms with Crippen molar-refractivity contribution in [2.75, 3.05) is 13.2 Å². The number of carbonyl (C=O) groups excluding carboxylic acids is 1. The lowest BCUT2D eigenvalue weighted by molar-refractivity contribution is -0.121. The normalized spacial score (nSPS) is 11.3. The van der Waals surface area contributed by atoms with Gasteiger partial charge < -0.3 is 15.8 Å². The quantitative estimate of drug-likeness (QED) is 0.788. The number of carbonyl (C=O) groups is 1. The number of hydrogen-bond acceptors (Lipinski definition) is 3. The zero-order valence-corrected chi connectivity index (χ0v) is 11.8. The Hall–Kier alpha value is -0.970. The molecule has 0 saturated heterocycles. The molecule has 1 atom stereocenters. The summed E-state index contributed by atoms with van der Waals surface area (Å²) in [5.41, 5.74) is 5.50. The minimum absolute atomic E-state index is 0. The van der Waals surface area contributed by atoms with Crippen molar-refractivity contribution >= 4 is 29.9 Å². The SMILES string of the molecule is CC(N)CC(=O)NCCOc1ccc(Cl)cc1.Cl. The van der Waals surface area contributed by atoms with Gasteiger partial charge in [0.25, 0.3) is 0 Å². The van der Waals surface area contributed by atoms with Gasteiger partial charge in [-0.05, 0) is 31.2 Å². The fourth-order valence-corrected chi connectivity index (χ4v) is 1.38. The van der Waals surface area contributed by atoms with E-state index in [1.807, 2.05) is 0 Å². The molecule has 18 heavy (non-hydrogen) atoms. The lowest BCUT2D eigenvalue weighted by atomic mass is 10.2. The van der Waals surface area contributed by atoms with Crippen LogP contribution in [0, 0.1) is 0 Å². The third kappa shape index (κ3) is 7.37. The molecule has 0 radical (unpaired) electrons. The number of rotatable bonds is 6. The van der Waals surface area contributed by atoms with E-state index in [2.05, 4.69) is 5.32 Å². The number of amides is 1. The Morgan fingerprint density at radius 1 is 1.44 bits per heavy atom. The summed E-state index contributed by atoms with van der Waals surface area (Å²) in [6, 6.07) is 6.96. The van der Waals surface area contributed by atoms with Crippen LogP contribution in [0.1, 0.15) is 13.3 Å². The Morgan fingerprint density at radius 3 is 2.61 bits per heavy atom. The number of halogens is 2. The maximum Gasteiger partial charge on any atom is 0.221 e. The Bertz CT molecular complexity index is 356. The Balaban J connectivity index is 0.00000289. The smallest absolute Gasteiger partial charge is 0.221 e. The average molecular weight is 293 g/mol. The van der Waals surface area contributed by atoms with E-state index in [0.717, 1.165) is 5.75 Å². The van der Waals surface area contributed by atoms with Gasteiger partial charge in [0.2, 0.25) is 5.91 Å². The fraction of sp³-hybridized carbons (Fsp3) is 0.417. The molecular weight excluding hydrogens is 275 g/mol. The Labute approximate surface area is 118 Å². The Kier molecular flexibility index (Phi) is 8.54. The molecule has 0 heterocycles. The van der Waals surface area contributed by atoms with Crippen molar-refractivity contribution in [2.45, 2.75) is 19.4 Å². The lowest BCUT2D eigenvalue weighted by Gasteiger charge is -2.08. The van der Waals surface area contributed by atoms with E-state index in [9.17, 15) is 4.79 Å². The highest BCUT2D eigenvalue weighted by atomic mass is 35.5. The molecule has 0 fully saturated rings. The molecule has 1 aromatic rings. The maximum atomic E-state index is 11.2. The molecule has 0 aromatic heterocycles. The number of hydrogen-bond donors (Lipinski definition) is 2. The molecular formula is C12H18Cl2N2O2. The molecule has 1 unspecified atom stereocenters. The van der Waals surface area contributed by atoms with Gasteiger partial charge in [-0.1, -0.05) is 11.6 Å². The first-order valence-electron chi connectivity index (χ1n) is 5.48. The minimum atomic E-state index is -0.118. The highest BCUT2D eigenvalue weighted by Gasteiger charge is 2.03. The van der Waals surface area contributed by atoms with Gasteiger partial charge in [0.05, 0.1) is 6.54 Å². The molecule has 3 N–H and O–H groups in total. The van der Waals surface area contributed by atoms with Crippen molar-refractivity contribution in [3.8, 4) is 5.75 Å². The predicted molar refractivity (Wildman–Crippen MR) is 75.5 cm³/mol. The van der Waals surface area contributed by atoms with Crippen LogP contribution < -0.4 is 15.8 Å². The van der Waals surface area contributed by atoms with Crippen molar-refractivity contribution in [3.63, 3.8) is 0 Å². The molecule has 1 amide bonds. The molecule has 1 rings (SSSR count). The third-order valence-corrected chi connectivity index (χ3v) is 2.27. The topological polar surface area (TPSA) is 64.4 Å². The van der Waals surface area contributed by atoms with Crippen LogP contribution >= 0.6 is 24.0 Å². The molecule has 1 aromatic carbocycles. The summed E-state index contributed by atoms with van der Waals surface area (Å²) in [7, 11) is 0. The monoisotopic (exact) mass is 292 g/mol. The summed E-state index contributed by atoms with van der Waals surface area (Å²) < 4.78 is 5.41. The first kappa shape index (κ1) is 17.0. The first-order chi connectivity index (χ1) is 8.08. The van der Waals surface area contributed by atoms with E-state index in [4.69, 9.17) is 22.1 Å². The van der Waals surface area contributed by atoms with E-state index in [1.54, 1.807) is 31.2 Å². The van der Waals surface area contributed by atoms with Gasteiger partial charge in [-0.2, -0.15) is 0 Å². The highest BCUT2D eigenvalue weighted by molar-refractivity contribution is 6.30. The van der Waals surface area contributed by atoms with E-state index < -0.39 is 0 Å². The molecule has 0 saturated carbocycles. The summed E-state index contributed by atoms with van der Waals surface area (Å²) >= 11 is 5.74. The van der Waals surface area contributed by atoms with Crippen molar-refractivity contribution in [3.05, 3.63) is 29.3 Å². The van der Waals surface area contributed by atoms with E-state index in [0.29, 0.717) is 24.6 Å². The molecule has 0 aliphatic heterocycles. The lowest BCUT2D eigenvalue weighted by Crippen LogP contribution is -2.32. The van der Waals surface area contributed by atoms with Crippen molar-refractivity contribution < 1.29 is 9.53 Å². The summed E-state index contributed by atoms with van der Waals surface area (Å²) in [5, 5.41) is 3.39. The number of nitrogens with one attached hydrogen (secondary N) is 1. The minimum Gasteiger partial charge on any atom is -0.492 e. The van der Waals surface area contributed by atoms with Crippen LogP contribution in [-0.2, 0) is 4.79 Å². The summed E-state index contributed by atoms with van der Waals surface area (Å²) in [5.74, 6) is 0.676. The number of benzene rings is 1. The molecule has 0 aliphatic rings. The van der Waals surface area contributed by atoms with E-state index in [1.165, 1.54) is 0 Å². The van der Waals surface area contributed by atoms with Gasteiger partial charge in [0.15, 0.2) is 0 Å². The molecule has 6 heteroatoms. The van der Waals surface area contributed by atoms with Crippen LogP contribution in [0.2, 0.25) is 5.02 Å². The summed E-state index contributed by atoms with van der Waals surface area (Å²) in [6.07, 6.45) is 0.334. The summed E-state index contributed by atoms with van der Waals surface area (Å²) in [4.78, 5) is 11.2. The Morgan fingerprint density at radius 2 is 2.06 bits per heavy atom. The zero-order chi connectivity index (χ0) is 12.7. The van der Waals surface area contributed by atoms with Crippen LogP contribution in [0.5, 0.6) is 5.75 Å². The third-order valence-electron chi connectivity index (χ3n) is 2.01. The van der Waals surface area contributed by atoms with Gasteiger partial charge in [-0.25, -0.2) is 0 Å². The largest absolute Gasteiger partial charge is 0.492 e. The van der Waals surface area contributed by atoms with Crippen LogP contribution in [0.4, 0.5) is 0 Å². The molecule has 0 bridgehead atoms. The van der Waals surface area contributed by atoms with Crippen molar-refractivity contribution in [1.82, 2.24) is 5.32 Å². The predicted octanol–water partition coefficient (Wildman–Crippen LogP) is 1.99. The van der Waals surface area contributed by atoms with Crippen molar-refractivity contribution in [1.29, 1.82) is 0 Å². The van der Waals surface area contributed by atoms with Crippen LogP contribution in [0.15, 0.2) is 24.3 Å². The van der Waals surface area contributed by atoms with Gasteiger partial charge in [-0.3, -0.25) is 4.79 Å². The van der Waals surface area contributed by atoms with Crippen LogP contribution in [-0.4, -0.2) is 25.1 Å². The maximum absolute atomic E-state index is 11.2. The van der Waals surface area contributed by atoms with Crippen LogP contribution in [0.25, 0.3) is 0 Å². The average Bonchev–Trinajstić information content (AvgIpc) is 2.26. The number of ether oxygens (including phenoxy) is 1. The van der Waals surface area contributed by atoms with Gasteiger partial charge in [-0.15, -0.1) is 12.4 Å². The standard InChI is InChI=1S/C12H17ClN2O2.ClH/c1-9(14)8-12(16)15-6-7-17-11-4-2-10(13)3-5-11;/h2-5,9H,6-8,14H2,1H3,(H,15,16);1H. The zero-order valence-electron chi connectivity index (χ0n) is 10.2. The second kappa shape index (κ2) is 9.03. The van der Waals surface area contributed by atoms with E-state index >= 15 is 0 Å². The molecule has 0 spiro atoms. The number of nitrogens with two attached hydrogens (primary N) is 1. The van der Waals surface area contributed by atoms with Gasteiger partial charge in [0, 0.05) is 17.5 Å².